The highest BCUT2D eigenvalue weighted by Gasteiger charge is 2.29. The normalized spacial score (nSPS) is 14.9. The van der Waals surface area contributed by atoms with Gasteiger partial charge < -0.3 is 10.1 Å². The van der Waals surface area contributed by atoms with Gasteiger partial charge in [0, 0.05) is 17.9 Å². The minimum Gasteiger partial charge on any atom is -0.497 e. The van der Waals surface area contributed by atoms with Gasteiger partial charge in [0.15, 0.2) is 10.8 Å². The number of aryl methyl sites for hydroxylation is 2. The molecule has 2 aromatic heterocycles. The summed E-state index contributed by atoms with van der Waals surface area (Å²) in [4.78, 5) is 30.8. The Morgan fingerprint density at radius 3 is 2.73 bits per heavy atom. The molecule has 0 saturated heterocycles. The number of anilines is 1. The van der Waals surface area contributed by atoms with E-state index in [0.29, 0.717) is 27.6 Å². The highest BCUT2D eigenvalue weighted by molar-refractivity contribution is 7.99. The van der Waals surface area contributed by atoms with Crippen molar-refractivity contribution in [2.75, 3.05) is 18.2 Å². The largest absolute Gasteiger partial charge is 0.497 e. The number of nitrogens with one attached hydrogen (secondary N) is 1. The molecule has 2 aromatic carbocycles. The summed E-state index contributed by atoms with van der Waals surface area (Å²) in [5.74, 6) is 1.18. The third-order valence-corrected chi connectivity index (χ3v) is 6.84. The van der Waals surface area contributed by atoms with Crippen LogP contribution < -0.4 is 15.6 Å². The van der Waals surface area contributed by atoms with Gasteiger partial charge in [-0.15, -0.1) is 0 Å². The molecule has 0 spiro atoms. The molecule has 33 heavy (non-hydrogen) atoms. The molecule has 1 atom stereocenters. The van der Waals surface area contributed by atoms with Crippen molar-refractivity contribution < 1.29 is 9.53 Å². The smallest absolute Gasteiger partial charge is 0.265 e. The van der Waals surface area contributed by atoms with Crippen molar-refractivity contribution in [2.45, 2.75) is 31.5 Å². The topological polar surface area (TPSA) is 91.0 Å². The number of benzene rings is 2. The second kappa shape index (κ2) is 8.40. The second-order valence-corrected chi connectivity index (χ2v) is 9.09. The van der Waals surface area contributed by atoms with Gasteiger partial charge in [-0.1, -0.05) is 29.5 Å². The summed E-state index contributed by atoms with van der Waals surface area (Å²) in [5.41, 5.74) is 4.16. The van der Waals surface area contributed by atoms with Crippen molar-refractivity contribution in [3.8, 4) is 11.4 Å². The summed E-state index contributed by atoms with van der Waals surface area (Å²) in [6.07, 6.45) is 1.75. The fourth-order valence-corrected chi connectivity index (χ4v) is 5.23. The summed E-state index contributed by atoms with van der Waals surface area (Å²) in [6, 6.07) is 13.0. The van der Waals surface area contributed by atoms with Crippen LogP contribution in [0.4, 0.5) is 5.69 Å². The van der Waals surface area contributed by atoms with E-state index in [4.69, 9.17) is 9.72 Å². The number of carbonyl (C=O) groups excluding carboxylic acids is 1. The van der Waals surface area contributed by atoms with Crippen molar-refractivity contribution in [3.05, 3.63) is 70.1 Å². The van der Waals surface area contributed by atoms with E-state index in [0.717, 1.165) is 22.6 Å². The van der Waals surface area contributed by atoms with E-state index >= 15 is 0 Å². The highest BCUT2D eigenvalue weighted by atomic mass is 32.2. The highest BCUT2D eigenvalue weighted by Crippen LogP contribution is 2.34. The second-order valence-electron chi connectivity index (χ2n) is 8.10. The van der Waals surface area contributed by atoms with Crippen LogP contribution in [0.1, 0.15) is 23.6 Å². The van der Waals surface area contributed by atoms with E-state index in [-0.39, 0.29) is 23.9 Å². The zero-order valence-corrected chi connectivity index (χ0v) is 19.3. The van der Waals surface area contributed by atoms with Gasteiger partial charge >= 0.3 is 0 Å². The fourth-order valence-electron chi connectivity index (χ4n) is 4.10. The lowest BCUT2D eigenvalue weighted by atomic mass is 10.1. The maximum Gasteiger partial charge on any atom is 0.265 e. The summed E-state index contributed by atoms with van der Waals surface area (Å²) < 4.78 is 8.50. The Bertz CT molecular complexity index is 1420. The number of hydrogen-bond donors (Lipinski definition) is 1. The molecular formula is C24H23N5O3S. The van der Waals surface area contributed by atoms with E-state index in [2.05, 4.69) is 16.5 Å². The molecule has 4 aromatic rings. The van der Waals surface area contributed by atoms with Crippen LogP contribution in [0.2, 0.25) is 0 Å². The van der Waals surface area contributed by atoms with E-state index in [1.807, 2.05) is 26.0 Å². The molecule has 0 fully saturated rings. The lowest BCUT2D eigenvalue weighted by Gasteiger charge is -2.14. The molecular weight excluding hydrogens is 438 g/mol. The molecule has 1 amide bonds. The first kappa shape index (κ1) is 21.3. The number of carbonyl (C=O) groups is 1. The molecule has 0 radical (unpaired) electrons. The minimum absolute atomic E-state index is 0.156. The van der Waals surface area contributed by atoms with Gasteiger partial charge in [-0.05, 0) is 49.7 Å². The third kappa shape index (κ3) is 3.89. The number of hydrogen-bond acceptors (Lipinski definition) is 6. The zero-order valence-electron chi connectivity index (χ0n) is 18.5. The van der Waals surface area contributed by atoms with Crippen LogP contribution in [0, 0.1) is 13.8 Å². The lowest BCUT2D eigenvalue weighted by molar-refractivity contribution is -0.116. The van der Waals surface area contributed by atoms with E-state index in [1.54, 1.807) is 46.8 Å². The quantitative estimate of drug-likeness (QED) is 0.454. The van der Waals surface area contributed by atoms with E-state index < -0.39 is 0 Å². The summed E-state index contributed by atoms with van der Waals surface area (Å²) in [6.45, 7) is 4.05. The van der Waals surface area contributed by atoms with Crippen LogP contribution in [-0.4, -0.2) is 38.1 Å². The Morgan fingerprint density at radius 2 is 2.00 bits per heavy atom. The molecule has 1 N–H and O–H groups in total. The predicted octanol–water partition coefficient (Wildman–Crippen LogP) is 3.88. The van der Waals surface area contributed by atoms with Gasteiger partial charge in [-0.25, -0.2) is 9.67 Å². The Morgan fingerprint density at radius 1 is 1.21 bits per heavy atom. The van der Waals surface area contributed by atoms with Crippen LogP contribution in [0.3, 0.4) is 0 Å². The molecule has 5 rings (SSSR count). The van der Waals surface area contributed by atoms with Crippen LogP contribution in [0.5, 0.6) is 5.75 Å². The van der Waals surface area contributed by atoms with Gasteiger partial charge in [0.1, 0.15) is 11.1 Å². The molecule has 9 heteroatoms. The molecule has 3 heterocycles. The molecule has 0 saturated carbocycles. The number of rotatable bonds is 5. The van der Waals surface area contributed by atoms with Gasteiger partial charge in [0.25, 0.3) is 5.56 Å². The number of nitrogens with zero attached hydrogens (tertiary/aromatic N) is 4. The molecule has 0 bridgehead atoms. The summed E-state index contributed by atoms with van der Waals surface area (Å²) >= 11 is 1.49. The van der Waals surface area contributed by atoms with Crippen LogP contribution in [-0.2, 0) is 4.79 Å². The maximum atomic E-state index is 13.3. The van der Waals surface area contributed by atoms with Crippen molar-refractivity contribution in [2.24, 2.45) is 0 Å². The van der Waals surface area contributed by atoms with Crippen LogP contribution in [0.25, 0.3) is 16.7 Å². The van der Waals surface area contributed by atoms with Gasteiger partial charge in [-0.3, -0.25) is 14.2 Å². The monoisotopic (exact) mass is 461 g/mol. The predicted molar refractivity (Wildman–Crippen MR) is 129 cm³/mol. The first-order valence-corrected chi connectivity index (χ1v) is 11.6. The number of amides is 1. The number of thioether (sulfide) groups is 1. The maximum absolute atomic E-state index is 13.3. The first-order chi connectivity index (χ1) is 15.9. The van der Waals surface area contributed by atoms with E-state index in [1.165, 1.54) is 11.8 Å². The first-order valence-electron chi connectivity index (χ1n) is 10.6. The summed E-state index contributed by atoms with van der Waals surface area (Å²) in [5, 5.41) is 8.40. The fraction of sp³-hybridized carbons (Fsp3) is 0.250. The number of aromatic nitrogens is 4. The van der Waals surface area contributed by atoms with Gasteiger partial charge in [-0.2, -0.15) is 5.10 Å². The Balaban J connectivity index is 1.43. The molecule has 1 unspecified atom stereocenters. The van der Waals surface area contributed by atoms with Crippen molar-refractivity contribution in [1.82, 2.24) is 19.3 Å². The molecule has 8 nitrogen and oxygen atoms in total. The molecule has 0 aliphatic carbocycles. The zero-order chi connectivity index (χ0) is 23.1. The number of ether oxygens (including phenoxy) is 1. The number of methoxy groups -OCH3 is 1. The molecule has 1 aliphatic heterocycles. The average molecular weight is 462 g/mol. The number of fused-ring (bicyclic) bond motifs is 2. The van der Waals surface area contributed by atoms with Crippen molar-refractivity contribution in [3.63, 3.8) is 0 Å². The van der Waals surface area contributed by atoms with Crippen molar-refractivity contribution >= 4 is 34.4 Å². The Kier molecular flexibility index (Phi) is 5.41. The lowest BCUT2D eigenvalue weighted by Crippen LogP contribution is -2.27. The Labute approximate surface area is 194 Å². The van der Waals surface area contributed by atoms with Crippen LogP contribution >= 0.6 is 11.8 Å². The standard InChI is InChI=1S/C24H23N5O3S/c1-14-4-9-20(15(2)10-14)29-22-19(12-25-29)23(31)28-17(13-33-24(28)27-22)11-21(30)26-16-5-7-18(32-3)8-6-16/h4-10,12,17H,11,13H2,1-3H3,(H,26,30). The summed E-state index contributed by atoms with van der Waals surface area (Å²) in [7, 11) is 1.59. The molecule has 168 valence electrons. The SMILES string of the molecule is COc1ccc(NC(=O)CC2CSc3nc4c(cnn4-c4ccc(C)cc4C)c(=O)n32)cc1. The van der Waals surface area contributed by atoms with E-state index in [9.17, 15) is 9.59 Å². The van der Waals surface area contributed by atoms with Gasteiger partial charge in [0.2, 0.25) is 5.91 Å². The minimum atomic E-state index is -0.267. The average Bonchev–Trinajstić information content (AvgIpc) is 3.39. The Hall–Kier alpha value is -3.59. The molecule has 1 aliphatic rings. The van der Waals surface area contributed by atoms with Crippen molar-refractivity contribution in [1.29, 1.82) is 0 Å². The van der Waals surface area contributed by atoms with Gasteiger partial charge in [0.05, 0.1) is 25.0 Å². The van der Waals surface area contributed by atoms with Crippen LogP contribution in [0.15, 0.2) is 58.6 Å². The third-order valence-electron chi connectivity index (χ3n) is 5.75.